The number of rotatable bonds is 3. The first-order chi connectivity index (χ1) is 7.74. The zero-order chi connectivity index (χ0) is 11.4. The van der Waals surface area contributed by atoms with Crippen molar-refractivity contribution in [2.75, 3.05) is 0 Å². The van der Waals surface area contributed by atoms with Gasteiger partial charge >= 0.3 is 5.97 Å². The van der Waals surface area contributed by atoms with Gasteiger partial charge in [-0.3, -0.25) is 4.79 Å². The molecule has 0 aliphatic rings. The van der Waals surface area contributed by atoms with Crippen LogP contribution < -0.4 is 4.74 Å². The standard InChI is InChI=1S/C10H10N4O2.Sn/c1-7-2-4-8(5-3-7)16-10(15)6-9-11-13-14-12-9;/h2-5H,6H2,1H3,(H,11,12,13,14);. The topological polar surface area (TPSA) is 80.8 Å². The Balaban J connectivity index is 0.00000144. The Morgan fingerprint density at radius 1 is 1.35 bits per heavy atom. The number of ether oxygens (including phenoxy) is 1. The summed E-state index contributed by atoms with van der Waals surface area (Å²) in [6.45, 7) is 1.96. The number of aromatic amines is 1. The molecule has 0 atom stereocenters. The van der Waals surface area contributed by atoms with Crippen LogP contribution in [-0.2, 0) is 11.2 Å². The van der Waals surface area contributed by atoms with Crippen molar-refractivity contribution in [3.05, 3.63) is 35.7 Å². The Bertz CT molecular complexity index is 470. The van der Waals surface area contributed by atoms with Gasteiger partial charge in [0.25, 0.3) is 0 Å². The molecule has 17 heavy (non-hydrogen) atoms. The van der Waals surface area contributed by atoms with Crippen LogP contribution >= 0.6 is 0 Å². The van der Waals surface area contributed by atoms with Gasteiger partial charge in [-0.15, -0.1) is 10.2 Å². The fourth-order valence-corrected chi connectivity index (χ4v) is 1.16. The average Bonchev–Trinajstić information content (AvgIpc) is 2.74. The van der Waals surface area contributed by atoms with Gasteiger partial charge in [-0.05, 0) is 19.1 Å². The van der Waals surface area contributed by atoms with Crippen molar-refractivity contribution in [3.63, 3.8) is 0 Å². The normalized spacial score (nSPS) is 9.47. The Kier molecular flexibility index (Phi) is 5.07. The van der Waals surface area contributed by atoms with E-state index >= 15 is 0 Å². The van der Waals surface area contributed by atoms with Crippen molar-refractivity contribution in [3.8, 4) is 5.75 Å². The van der Waals surface area contributed by atoms with E-state index in [-0.39, 0.29) is 30.3 Å². The number of carbonyl (C=O) groups is 1. The molecule has 6 nitrogen and oxygen atoms in total. The second-order valence-corrected chi connectivity index (χ2v) is 3.29. The van der Waals surface area contributed by atoms with Gasteiger partial charge in [-0.25, -0.2) is 0 Å². The number of hydrogen-bond acceptors (Lipinski definition) is 5. The predicted molar refractivity (Wildman–Crippen MR) is 60.4 cm³/mol. The van der Waals surface area contributed by atoms with E-state index in [9.17, 15) is 4.79 Å². The second-order valence-electron chi connectivity index (χ2n) is 3.29. The van der Waals surface area contributed by atoms with Crippen LogP contribution in [0.5, 0.6) is 5.75 Å². The van der Waals surface area contributed by atoms with Crippen LogP contribution in [0, 0.1) is 6.92 Å². The molecule has 0 unspecified atom stereocenters. The average molecular weight is 337 g/mol. The van der Waals surface area contributed by atoms with Crippen molar-refractivity contribution in [1.82, 2.24) is 20.6 Å². The van der Waals surface area contributed by atoms with Crippen molar-refractivity contribution in [1.29, 1.82) is 0 Å². The van der Waals surface area contributed by atoms with E-state index in [1.54, 1.807) is 12.1 Å². The molecule has 86 valence electrons. The first kappa shape index (κ1) is 13.6. The van der Waals surface area contributed by atoms with Crippen molar-refractivity contribution < 1.29 is 9.53 Å². The summed E-state index contributed by atoms with van der Waals surface area (Å²) in [6, 6.07) is 7.22. The molecule has 1 N–H and O–H groups in total. The molecule has 2 rings (SSSR count). The number of aromatic nitrogens is 4. The van der Waals surface area contributed by atoms with Crippen molar-refractivity contribution >= 4 is 29.9 Å². The Morgan fingerprint density at radius 3 is 2.65 bits per heavy atom. The molecule has 0 spiro atoms. The van der Waals surface area contributed by atoms with Gasteiger partial charge in [0.05, 0.1) is 0 Å². The van der Waals surface area contributed by atoms with E-state index in [0.717, 1.165) is 5.56 Å². The molecule has 4 radical (unpaired) electrons. The molecule has 0 amide bonds. The van der Waals surface area contributed by atoms with Crippen LogP contribution in [0.4, 0.5) is 0 Å². The maximum absolute atomic E-state index is 11.4. The third kappa shape index (κ3) is 4.14. The second kappa shape index (κ2) is 6.33. The van der Waals surface area contributed by atoms with E-state index in [2.05, 4.69) is 20.6 Å². The SMILES string of the molecule is Cc1ccc(OC(=O)Cc2nn[nH]n2)cc1.[Sn]. The van der Waals surface area contributed by atoms with Crippen LogP contribution in [0.2, 0.25) is 0 Å². The summed E-state index contributed by atoms with van der Waals surface area (Å²) in [4.78, 5) is 11.4. The molecule has 1 aromatic heterocycles. The molecular weight excluding hydrogens is 327 g/mol. The number of esters is 1. The van der Waals surface area contributed by atoms with Crippen molar-refractivity contribution in [2.24, 2.45) is 0 Å². The first-order valence-electron chi connectivity index (χ1n) is 4.74. The van der Waals surface area contributed by atoms with Gasteiger partial charge in [0.2, 0.25) is 0 Å². The minimum absolute atomic E-state index is 0. The van der Waals surface area contributed by atoms with E-state index in [1.807, 2.05) is 19.1 Å². The maximum atomic E-state index is 11.4. The van der Waals surface area contributed by atoms with Crippen LogP contribution in [0.1, 0.15) is 11.4 Å². The van der Waals surface area contributed by atoms with E-state index in [4.69, 9.17) is 4.74 Å². The van der Waals surface area contributed by atoms with E-state index in [1.165, 1.54) is 0 Å². The molecule has 2 aromatic rings. The molecule has 0 saturated carbocycles. The monoisotopic (exact) mass is 338 g/mol. The summed E-state index contributed by atoms with van der Waals surface area (Å²) >= 11 is 0. The number of H-pyrrole nitrogens is 1. The largest absolute Gasteiger partial charge is 0.426 e. The minimum atomic E-state index is -0.412. The summed E-state index contributed by atoms with van der Waals surface area (Å²) in [5, 5.41) is 12.9. The van der Waals surface area contributed by atoms with Gasteiger partial charge in [0, 0.05) is 23.9 Å². The Hall–Kier alpha value is -1.44. The van der Waals surface area contributed by atoms with E-state index < -0.39 is 5.97 Å². The molecule has 0 saturated heterocycles. The number of tetrazole rings is 1. The van der Waals surface area contributed by atoms with Gasteiger partial charge in [0.1, 0.15) is 12.2 Å². The van der Waals surface area contributed by atoms with Crippen LogP contribution in [-0.4, -0.2) is 50.5 Å². The third-order valence-electron chi connectivity index (χ3n) is 1.94. The Morgan fingerprint density at radius 2 is 2.06 bits per heavy atom. The molecule has 1 heterocycles. The van der Waals surface area contributed by atoms with Crippen LogP contribution in [0.3, 0.4) is 0 Å². The van der Waals surface area contributed by atoms with Gasteiger partial charge in [-0.2, -0.15) is 5.21 Å². The van der Waals surface area contributed by atoms with Crippen molar-refractivity contribution in [2.45, 2.75) is 13.3 Å². The predicted octanol–water partition coefficient (Wildman–Crippen LogP) is 0.275. The van der Waals surface area contributed by atoms with Gasteiger partial charge in [0.15, 0.2) is 5.82 Å². The molecule has 0 aliphatic carbocycles. The minimum Gasteiger partial charge on any atom is -0.426 e. The molecule has 1 aromatic carbocycles. The van der Waals surface area contributed by atoms with E-state index in [0.29, 0.717) is 11.6 Å². The summed E-state index contributed by atoms with van der Waals surface area (Å²) in [7, 11) is 0. The smallest absolute Gasteiger partial charge is 0.319 e. The van der Waals surface area contributed by atoms with Gasteiger partial charge < -0.3 is 4.74 Å². The quantitative estimate of drug-likeness (QED) is 0.494. The zero-order valence-corrected chi connectivity index (χ0v) is 12.0. The fraction of sp³-hybridized carbons (Fsp3) is 0.200. The maximum Gasteiger partial charge on any atom is 0.319 e. The summed E-state index contributed by atoms with van der Waals surface area (Å²) in [5.74, 6) is 0.418. The van der Waals surface area contributed by atoms with Crippen LogP contribution in [0.25, 0.3) is 0 Å². The number of aryl methyl sites for hydroxylation is 1. The molecule has 0 bridgehead atoms. The molecule has 0 aliphatic heterocycles. The summed E-state index contributed by atoms with van der Waals surface area (Å²) in [5.41, 5.74) is 1.11. The molecule has 7 heteroatoms. The number of nitrogens with one attached hydrogen (secondary N) is 1. The number of carbonyl (C=O) groups excluding carboxylic acids is 1. The number of hydrogen-bond donors (Lipinski definition) is 1. The zero-order valence-electron chi connectivity index (χ0n) is 9.17. The molecule has 0 fully saturated rings. The Labute approximate surface area is 115 Å². The fourth-order valence-electron chi connectivity index (χ4n) is 1.16. The third-order valence-corrected chi connectivity index (χ3v) is 1.94. The summed E-state index contributed by atoms with van der Waals surface area (Å²) in [6.07, 6.45) is 0.00434. The summed E-state index contributed by atoms with van der Waals surface area (Å²) < 4.78 is 5.08. The number of nitrogens with zero attached hydrogens (tertiary/aromatic N) is 3. The van der Waals surface area contributed by atoms with Crippen LogP contribution in [0.15, 0.2) is 24.3 Å². The first-order valence-corrected chi connectivity index (χ1v) is 4.74. The van der Waals surface area contributed by atoms with Gasteiger partial charge in [-0.1, -0.05) is 22.9 Å². The number of benzene rings is 1. The molecular formula is C10H10N4O2Sn.